The first kappa shape index (κ1) is 11.5. The summed E-state index contributed by atoms with van der Waals surface area (Å²) in [6, 6.07) is 0.478. The van der Waals surface area contributed by atoms with Crippen molar-refractivity contribution in [3.8, 4) is 0 Å². The van der Waals surface area contributed by atoms with Gasteiger partial charge in [0.25, 0.3) is 0 Å². The highest BCUT2D eigenvalue weighted by atomic mass is 16.5. The zero-order valence-electron chi connectivity index (χ0n) is 9.65. The molecule has 1 aromatic heterocycles. The van der Waals surface area contributed by atoms with Crippen LogP contribution in [0.25, 0.3) is 0 Å². The number of hydrogen-bond acceptors (Lipinski definition) is 5. The SMILES string of the molecule is CC(O)Cc1nc(CC2CCCCN2)no1. The Morgan fingerprint density at radius 3 is 3.12 bits per heavy atom. The van der Waals surface area contributed by atoms with Gasteiger partial charge in [0.05, 0.1) is 12.5 Å². The predicted octanol–water partition coefficient (Wildman–Crippen LogP) is 0.677. The molecule has 0 spiro atoms. The molecule has 2 atom stereocenters. The molecule has 2 N–H and O–H groups in total. The quantitative estimate of drug-likeness (QED) is 0.788. The standard InChI is InChI=1S/C11H19N3O2/c1-8(15)6-11-13-10(14-16-11)7-9-4-2-3-5-12-9/h8-9,12,15H,2-7H2,1H3. The average molecular weight is 225 g/mol. The van der Waals surface area contributed by atoms with Gasteiger partial charge in [0.2, 0.25) is 5.89 Å². The molecule has 0 aliphatic carbocycles. The molecule has 2 rings (SSSR count). The number of hydrogen-bond donors (Lipinski definition) is 2. The third kappa shape index (κ3) is 3.28. The second-order valence-corrected chi connectivity index (χ2v) is 4.51. The fraction of sp³-hybridized carbons (Fsp3) is 0.818. The van der Waals surface area contributed by atoms with Crippen molar-refractivity contribution in [2.75, 3.05) is 6.54 Å². The molecular weight excluding hydrogens is 206 g/mol. The minimum absolute atomic E-state index is 0.430. The van der Waals surface area contributed by atoms with E-state index in [0.29, 0.717) is 18.4 Å². The van der Waals surface area contributed by atoms with Gasteiger partial charge in [0, 0.05) is 12.5 Å². The van der Waals surface area contributed by atoms with Gasteiger partial charge < -0.3 is 14.9 Å². The Balaban J connectivity index is 1.86. The van der Waals surface area contributed by atoms with Crippen LogP contribution in [0.4, 0.5) is 0 Å². The van der Waals surface area contributed by atoms with Crippen LogP contribution in [-0.2, 0) is 12.8 Å². The van der Waals surface area contributed by atoms with E-state index in [1.807, 2.05) is 0 Å². The molecule has 0 bridgehead atoms. The Morgan fingerprint density at radius 2 is 2.44 bits per heavy atom. The lowest BCUT2D eigenvalue weighted by molar-refractivity contribution is 0.181. The van der Waals surface area contributed by atoms with Crippen LogP contribution in [0.3, 0.4) is 0 Å². The van der Waals surface area contributed by atoms with Gasteiger partial charge in [0.15, 0.2) is 5.82 Å². The number of rotatable bonds is 4. The van der Waals surface area contributed by atoms with Crippen LogP contribution >= 0.6 is 0 Å². The first-order chi connectivity index (χ1) is 7.74. The van der Waals surface area contributed by atoms with Crippen molar-refractivity contribution in [1.29, 1.82) is 0 Å². The summed E-state index contributed by atoms with van der Waals surface area (Å²) in [5, 5.41) is 16.6. The molecule has 5 nitrogen and oxygen atoms in total. The first-order valence-electron chi connectivity index (χ1n) is 5.97. The van der Waals surface area contributed by atoms with Crippen molar-refractivity contribution in [3.05, 3.63) is 11.7 Å². The van der Waals surface area contributed by atoms with E-state index < -0.39 is 6.10 Å². The Bertz CT molecular complexity index is 319. The van der Waals surface area contributed by atoms with Gasteiger partial charge in [-0.15, -0.1) is 0 Å². The molecule has 5 heteroatoms. The Kier molecular flexibility index (Phi) is 3.90. The molecular formula is C11H19N3O2. The lowest BCUT2D eigenvalue weighted by Crippen LogP contribution is -2.35. The number of piperidine rings is 1. The fourth-order valence-corrected chi connectivity index (χ4v) is 2.03. The van der Waals surface area contributed by atoms with Gasteiger partial charge in [-0.25, -0.2) is 0 Å². The largest absolute Gasteiger partial charge is 0.393 e. The highest BCUT2D eigenvalue weighted by Gasteiger charge is 2.16. The van der Waals surface area contributed by atoms with E-state index in [0.717, 1.165) is 18.8 Å². The molecule has 2 heterocycles. The molecule has 2 unspecified atom stereocenters. The summed E-state index contributed by atoms with van der Waals surface area (Å²) in [6.45, 7) is 2.80. The highest BCUT2D eigenvalue weighted by Crippen LogP contribution is 2.11. The molecule has 1 aliphatic rings. The lowest BCUT2D eigenvalue weighted by Gasteiger charge is -2.21. The summed E-state index contributed by atoms with van der Waals surface area (Å²) in [5.41, 5.74) is 0. The minimum atomic E-state index is -0.430. The lowest BCUT2D eigenvalue weighted by atomic mass is 10.0. The van der Waals surface area contributed by atoms with E-state index >= 15 is 0 Å². The second kappa shape index (κ2) is 5.41. The Labute approximate surface area is 95.2 Å². The van der Waals surface area contributed by atoms with Gasteiger partial charge in [-0.3, -0.25) is 0 Å². The van der Waals surface area contributed by atoms with Gasteiger partial charge in [-0.1, -0.05) is 11.6 Å². The molecule has 0 aromatic carbocycles. The third-order valence-corrected chi connectivity index (χ3v) is 2.82. The molecule has 1 fully saturated rings. The number of aromatic nitrogens is 2. The summed E-state index contributed by atoms with van der Waals surface area (Å²) in [5.74, 6) is 1.27. The van der Waals surface area contributed by atoms with Crippen LogP contribution in [0.2, 0.25) is 0 Å². The van der Waals surface area contributed by atoms with E-state index in [2.05, 4.69) is 15.5 Å². The van der Waals surface area contributed by atoms with Crippen LogP contribution in [0, 0.1) is 0 Å². The van der Waals surface area contributed by atoms with E-state index in [1.54, 1.807) is 6.92 Å². The molecule has 16 heavy (non-hydrogen) atoms. The number of nitrogens with zero attached hydrogens (tertiary/aromatic N) is 2. The summed E-state index contributed by atoms with van der Waals surface area (Å²) in [4.78, 5) is 4.27. The zero-order chi connectivity index (χ0) is 11.4. The molecule has 0 radical (unpaired) electrons. The van der Waals surface area contributed by atoms with Crippen LogP contribution in [0.5, 0.6) is 0 Å². The summed E-state index contributed by atoms with van der Waals surface area (Å²) < 4.78 is 5.07. The van der Waals surface area contributed by atoms with Crippen LogP contribution in [-0.4, -0.2) is 33.9 Å². The maximum Gasteiger partial charge on any atom is 0.229 e. The van der Waals surface area contributed by atoms with Crippen LogP contribution < -0.4 is 5.32 Å². The average Bonchev–Trinajstić information content (AvgIpc) is 2.66. The van der Waals surface area contributed by atoms with Gasteiger partial charge in [-0.05, 0) is 26.3 Å². The number of aliphatic hydroxyl groups excluding tert-OH is 1. The fourth-order valence-electron chi connectivity index (χ4n) is 2.03. The van der Waals surface area contributed by atoms with Crippen molar-refractivity contribution >= 4 is 0 Å². The van der Waals surface area contributed by atoms with Crippen molar-refractivity contribution in [2.24, 2.45) is 0 Å². The predicted molar refractivity (Wildman–Crippen MR) is 59.0 cm³/mol. The van der Waals surface area contributed by atoms with Gasteiger partial charge in [-0.2, -0.15) is 4.98 Å². The van der Waals surface area contributed by atoms with Crippen molar-refractivity contribution in [2.45, 2.75) is 51.2 Å². The summed E-state index contributed by atoms with van der Waals surface area (Å²) in [7, 11) is 0. The molecule has 1 aromatic rings. The Hall–Kier alpha value is -0.940. The number of aliphatic hydroxyl groups is 1. The Morgan fingerprint density at radius 1 is 1.56 bits per heavy atom. The topological polar surface area (TPSA) is 71.2 Å². The van der Waals surface area contributed by atoms with E-state index in [4.69, 9.17) is 4.52 Å². The van der Waals surface area contributed by atoms with Gasteiger partial charge in [0.1, 0.15) is 0 Å². The minimum Gasteiger partial charge on any atom is -0.393 e. The zero-order valence-corrected chi connectivity index (χ0v) is 9.65. The second-order valence-electron chi connectivity index (χ2n) is 4.51. The smallest absolute Gasteiger partial charge is 0.229 e. The molecule has 1 saturated heterocycles. The number of nitrogens with one attached hydrogen (secondary N) is 1. The maximum absolute atomic E-state index is 9.20. The molecule has 0 amide bonds. The summed E-state index contributed by atoms with van der Waals surface area (Å²) in [6.07, 6.45) is 4.54. The monoisotopic (exact) mass is 225 g/mol. The third-order valence-electron chi connectivity index (χ3n) is 2.82. The molecule has 0 saturated carbocycles. The molecule has 1 aliphatic heterocycles. The highest BCUT2D eigenvalue weighted by molar-refractivity contribution is 4.92. The van der Waals surface area contributed by atoms with E-state index in [9.17, 15) is 5.11 Å². The van der Waals surface area contributed by atoms with Crippen LogP contribution in [0.1, 0.15) is 37.9 Å². The van der Waals surface area contributed by atoms with Crippen molar-refractivity contribution < 1.29 is 9.63 Å². The first-order valence-corrected chi connectivity index (χ1v) is 5.97. The summed E-state index contributed by atoms with van der Waals surface area (Å²) >= 11 is 0. The van der Waals surface area contributed by atoms with Crippen molar-refractivity contribution in [3.63, 3.8) is 0 Å². The normalized spacial score (nSPS) is 23.2. The van der Waals surface area contributed by atoms with Gasteiger partial charge >= 0.3 is 0 Å². The maximum atomic E-state index is 9.20. The molecule has 90 valence electrons. The van der Waals surface area contributed by atoms with Crippen LogP contribution in [0.15, 0.2) is 4.52 Å². The van der Waals surface area contributed by atoms with Crippen molar-refractivity contribution in [1.82, 2.24) is 15.5 Å². The van der Waals surface area contributed by atoms with E-state index in [1.165, 1.54) is 19.3 Å². The van der Waals surface area contributed by atoms with E-state index in [-0.39, 0.29) is 0 Å².